The Labute approximate surface area is 180 Å². The fraction of sp³-hybridized carbons (Fsp3) is 0.185. The fourth-order valence-electron chi connectivity index (χ4n) is 4.36. The van der Waals surface area contributed by atoms with Gasteiger partial charge in [-0.15, -0.1) is 0 Å². The standard InChI is InChI=1S/C27H23NO3/c1-3-18-10-12-20(13-11-18)24-23-25(29)21-15-17(2)9-14-22(21)31-26(23)27(30)28(24)16-19-7-5-4-6-8-19/h4-15,24H,3,16H2,1-2H3. The molecule has 1 amide bonds. The van der Waals surface area contributed by atoms with E-state index < -0.39 is 6.04 Å². The highest BCUT2D eigenvalue weighted by Gasteiger charge is 2.42. The van der Waals surface area contributed by atoms with Crippen LogP contribution < -0.4 is 5.43 Å². The van der Waals surface area contributed by atoms with Crippen molar-refractivity contribution in [3.05, 3.63) is 117 Å². The highest BCUT2D eigenvalue weighted by Crippen LogP contribution is 2.39. The van der Waals surface area contributed by atoms with E-state index in [-0.39, 0.29) is 17.1 Å². The van der Waals surface area contributed by atoms with Crippen molar-refractivity contribution in [1.82, 2.24) is 4.90 Å². The minimum absolute atomic E-state index is 0.131. The quantitative estimate of drug-likeness (QED) is 0.453. The predicted molar refractivity (Wildman–Crippen MR) is 121 cm³/mol. The van der Waals surface area contributed by atoms with E-state index in [1.54, 1.807) is 11.0 Å². The number of rotatable bonds is 4. The van der Waals surface area contributed by atoms with Gasteiger partial charge in [-0.2, -0.15) is 0 Å². The molecule has 1 atom stereocenters. The molecular formula is C27H23NO3. The highest BCUT2D eigenvalue weighted by molar-refractivity contribution is 5.99. The summed E-state index contributed by atoms with van der Waals surface area (Å²) >= 11 is 0. The lowest BCUT2D eigenvalue weighted by Gasteiger charge is -2.25. The number of carbonyl (C=O) groups excluding carboxylic acids is 1. The third-order valence-electron chi connectivity index (χ3n) is 6.02. The van der Waals surface area contributed by atoms with Gasteiger partial charge in [0.25, 0.3) is 5.91 Å². The van der Waals surface area contributed by atoms with Crippen LogP contribution in [-0.2, 0) is 13.0 Å². The largest absolute Gasteiger partial charge is 0.450 e. The number of carbonyl (C=O) groups is 1. The van der Waals surface area contributed by atoms with E-state index in [9.17, 15) is 9.59 Å². The van der Waals surface area contributed by atoms with Crippen LogP contribution >= 0.6 is 0 Å². The number of benzene rings is 3. The molecule has 0 radical (unpaired) electrons. The van der Waals surface area contributed by atoms with Gasteiger partial charge in [-0.1, -0.05) is 73.2 Å². The Bertz CT molecular complexity index is 1340. The van der Waals surface area contributed by atoms with Gasteiger partial charge in [-0.25, -0.2) is 0 Å². The Hall–Kier alpha value is -3.66. The van der Waals surface area contributed by atoms with Crippen LogP contribution in [0.25, 0.3) is 11.0 Å². The summed E-state index contributed by atoms with van der Waals surface area (Å²) in [6, 6.07) is 23.0. The van der Waals surface area contributed by atoms with Gasteiger partial charge in [0.05, 0.1) is 17.0 Å². The van der Waals surface area contributed by atoms with Gasteiger partial charge in [0.15, 0.2) is 5.43 Å². The molecule has 0 saturated heterocycles. The maximum atomic E-state index is 13.6. The number of fused-ring (bicyclic) bond motifs is 2. The predicted octanol–water partition coefficient (Wildman–Crippen LogP) is 5.41. The fourth-order valence-corrected chi connectivity index (χ4v) is 4.36. The molecule has 3 aromatic carbocycles. The lowest BCUT2D eigenvalue weighted by Crippen LogP contribution is -2.29. The topological polar surface area (TPSA) is 50.5 Å². The van der Waals surface area contributed by atoms with Crippen LogP contribution in [0.15, 0.2) is 82.0 Å². The van der Waals surface area contributed by atoms with Crippen molar-refractivity contribution in [1.29, 1.82) is 0 Å². The summed E-state index contributed by atoms with van der Waals surface area (Å²) in [6.45, 7) is 4.45. The summed E-state index contributed by atoms with van der Waals surface area (Å²) in [5, 5.41) is 0.517. The van der Waals surface area contributed by atoms with Gasteiger partial charge in [-0.05, 0) is 42.2 Å². The van der Waals surface area contributed by atoms with Crippen molar-refractivity contribution in [3.63, 3.8) is 0 Å². The first-order valence-corrected chi connectivity index (χ1v) is 10.6. The van der Waals surface area contributed by atoms with Crippen LogP contribution in [0.3, 0.4) is 0 Å². The van der Waals surface area contributed by atoms with Crippen LogP contribution in [0.2, 0.25) is 0 Å². The number of amides is 1. The molecule has 31 heavy (non-hydrogen) atoms. The smallest absolute Gasteiger partial charge is 0.291 e. The monoisotopic (exact) mass is 409 g/mol. The number of hydrogen-bond acceptors (Lipinski definition) is 3. The SMILES string of the molecule is CCc1ccc(C2c3c(oc4ccc(C)cc4c3=O)C(=O)N2Cc2ccccc2)cc1. The highest BCUT2D eigenvalue weighted by atomic mass is 16.3. The first-order chi connectivity index (χ1) is 15.1. The number of nitrogens with zero attached hydrogens (tertiary/aromatic N) is 1. The van der Waals surface area contributed by atoms with E-state index in [2.05, 4.69) is 19.1 Å². The van der Waals surface area contributed by atoms with E-state index in [0.29, 0.717) is 23.1 Å². The van der Waals surface area contributed by atoms with Crippen LogP contribution in [0.1, 0.15) is 51.3 Å². The first-order valence-electron chi connectivity index (χ1n) is 10.6. The van der Waals surface area contributed by atoms with Gasteiger partial charge in [-0.3, -0.25) is 9.59 Å². The molecule has 4 heteroatoms. The van der Waals surface area contributed by atoms with Gasteiger partial charge in [0.2, 0.25) is 5.76 Å². The molecule has 1 aliphatic rings. The molecule has 0 bridgehead atoms. The maximum absolute atomic E-state index is 13.6. The normalized spacial score (nSPS) is 15.5. The third kappa shape index (κ3) is 3.25. The second-order valence-corrected chi connectivity index (χ2v) is 8.09. The van der Waals surface area contributed by atoms with Crippen LogP contribution in [-0.4, -0.2) is 10.8 Å². The Balaban J connectivity index is 1.72. The van der Waals surface area contributed by atoms with Gasteiger partial charge in [0.1, 0.15) is 5.58 Å². The molecule has 1 aromatic heterocycles. The summed E-state index contributed by atoms with van der Waals surface area (Å²) in [7, 11) is 0. The molecule has 154 valence electrons. The van der Waals surface area contributed by atoms with Crippen LogP contribution in [0.5, 0.6) is 0 Å². The zero-order valence-corrected chi connectivity index (χ0v) is 17.6. The first kappa shape index (κ1) is 19.3. The number of hydrogen-bond donors (Lipinski definition) is 0. The molecule has 0 fully saturated rings. The molecule has 1 unspecified atom stereocenters. The third-order valence-corrected chi connectivity index (χ3v) is 6.02. The maximum Gasteiger partial charge on any atom is 0.291 e. The van der Waals surface area contributed by atoms with Crippen molar-refractivity contribution < 1.29 is 9.21 Å². The Morgan fingerprint density at radius 3 is 2.35 bits per heavy atom. The second-order valence-electron chi connectivity index (χ2n) is 8.09. The lowest BCUT2D eigenvalue weighted by atomic mass is 9.96. The lowest BCUT2D eigenvalue weighted by molar-refractivity contribution is 0.0714. The molecule has 4 aromatic rings. The molecule has 4 nitrogen and oxygen atoms in total. The summed E-state index contributed by atoms with van der Waals surface area (Å²) in [5.41, 5.74) is 4.87. The molecule has 0 aliphatic carbocycles. The average molecular weight is 409 g/mol. The summed E-state index contributed by atoms with van der Waals surface area (Å²) in [6.07, 6.45) is 0.931. The van der Waals surface area contributed by atoms with Crippen molar-refractivity contribution in [2.75, 3.05) is 0 Å². The minimum atomic E-state index is -0.477. The Kier molecular flexibility index (Phi) is 4.70. The zero-order chi connectivity index (χ0) is 21.5. The molecule has 1 aliphatic heterocycles. The molecule has 5 rings (SSSR count). The van der Waals surface area contributed by atoms with Gasteiger partial charge in [0, 0.05) is 6.54 Å². The molecule has 2 heterocycles. The Morgan fingerprint density at radius 2 is 1.65 bits per heavy atom. The molecule has 0 N–H and O–H groups in total. The van der Waals surface area contributed by atoms with E-state index in [4.69, 9.17) is 4.42 Å². The van der Waals surface area contributed by atoms with E-state index >= 15 is 0 Å². The summed E-state index contributed by atoms with van der Waals surface area (Å²) < 4.78 is 6.03. The summed E-state index contributed by atoms with van der Waals surface area (Å²) in [5.74, 6) is -0.0927. The van der Waals surface area contributed by atoms with E-state index in [1.807, 2.05) is 61.5 Å². The van der Waals surface area contributed by atoms with Crippen LogP contribution in [0.4, 0.5) is 0 Å². The second kappa shape index (κ2) is 7.55. The van der Waals surface area contributed by atoms with E-state index in [1.165, 1.54) is 5.56 Å². The zero-order valence-electron chi connectivity index (χ0n) is 17.6. The average Bonchev–Trinajstić information content (AvgIpc) is 3.07. The van der Waals surface area contributed by atoms with Crippen molar-refractivity contribution in [2.24, 2.45) is 0 Å². The molecule has 0 saturated carbocycles. The van der Waals surface area contributed by atoms with Gasteiger partial charge < -0.3 is 9.32 Å². The molecular weight excluding hydrogens is 386 g/mol. The van der Waals surface area contributed by atoms with Crippen LogP contribution in [0, 0.1) is 6.92 Å². The summed E-state index contributed by atoms with van der Waals surface area (Å²) in [4.78, 5) is 28.8. The van der Waals surface area contributed by atoms with E-state index in [0.717, 1.165) is 23.1 Å². The van der Waals surface area contributed by atoms with Crippen molar-refractivity contribution in [2.45, 2.75) is 32.9 Å². The number of aryl methyl sites for hydroxylation is 2. The van der Waals surface area contributed by atoms with Crippen molar-refractivity contribution in [3.8, 4) is 0 Å². The minimum Gasteiger partial charge on any atom is -0.450 e. The molecule has 0 spiro atoms. The van der Waals surface area contributed by atoms with Gasteiger partial charge >= 0.3 is 0 Å². The Morgan fingerprint density at radius 1 is 0.903 bits per heavy atom. The van der Waals surface area contributed by atoms with Crippen molar-refractivity contribution >= 4 is 16.9 Å².